The van der Waals surface area contributed by atoms with Crippen molar-refractivity contribution in [2.24, 2.45) is 10.4 Å². The lowest BCUT2D eigenvalue weighted by atomic mass is 9.66. The lowest BCUT2D eigenvalue weighted by molar-refractivity contribution is 0.0317. The van der Waals surface area contributed by atoms with Crippen LogP contribution in [0, 0.1) is 5.41 Å². The van der Waals surface area contributed by atoms with Crippen molar-refractivity contribution in [2.75, 3.05) is 47.0 Å². The van der Waals surface area contributed by atoms with Crippen molar-refractivity contribution in [1.29, 1.82) is 0 Å². The van der Waals surface area contributed by atoms with Gasteiger partial charge >= 0.3 is 0 Å². The van der Waals surface area contributed by atoms with Crippen molar-refractivity contribution in [1.82, 2.24) is 9.80 Å². The van der Waals surface area contributed by atoms with E-state index < -0.39 is 0 Å². The van der Waals surface area contributed by atoms with E-state index in [9.17, 15) is 9.90 Å². The average Bonchev–Trinajstić information content (AvgIpc) is 2.95. The van der Waals surface area contributed by atoms with Gasteiger partial charge in [0.1, 0.15) is 6.29 Å². The van der Waals surface area contributed by atoms with Crippen LogP contribution in [0.1, 0.15) is 68.4 Å². The fourth-order valence-electron chi connectivity index (χ4n) is 5.03. The van der Waals surface area contributed by atoms with E-state index >= 15 is 0 Å². The third-order valence-corrected chi connectivity index (χ3v) is 7.31. The van der Waals surface area contributed by atoms with Gasteiger partial charge in [-0.3, -0.25) is 9.69 Å². The average molecular weight is 526 g/mol. The number of hydrogen-bond acceptors (Lipinski definition) is 6. The number of likely N-dealkylation sites (tertiary alicyclic amines) is 1. The lowest BCUT2D eigenvalue weighted by Gasteiger charge is -2.44. The third-order valence-electron chi connectivity index (χ3n) is 7.31. The molecular weight excluding hydrogens is 474 g/mol. The number of likely N-dealkylation sites (N-methyl/N-ethyl adjacent to an activating group) is 1. The number of fused-ring (bicyclic) bond motifs is 1. The summed E-state index contributed by atoms with van der Waals surface area (Å²) in [6, 6.07) is 14.7. The van der Waals surface area contributed by atoms with Gasteiger partial charge in [0, 0.05) is 32.2 Å². The van der Waals surface area contributed by atoms with Gasteiger partial charge in [-0.15, -0.1) is 0 Å². The minimum atomic E-state index is -0.194. The number of aldehydes is 1. The van der Waals surface area contributed by atoms with Crippen LogP contribution in [0.15, 0.2) is 47.5 Å². The molecule has 0 saturated carbocycles. The zero-order valence-electron chi connectivity index (χ0n) is 24.6. The van der Waals surface area contributed by atoms with Crippen LogP contribution in [0.4, 0.5) is 0 Å². The molecule has 0 bridgehead atoms. The van der Waals surface area contributed by atoms with E-state index in [1.54, 1.807) is 14.0 Å². The minimum Gasteiger partial charge on any atom is -0.392 e. The molecule has 1 fully saturated rings. The Kier molecular flexibility index (Phi) is 15.9. The third kappa shape index (κ3) is 10.8. The Morgan fingerprint density at radius 1 is 1.08 bits per heavy atom. The Morgan fingerprint density at radius 2 is 1.66 bits per heavy atom. The van der Waals surface area contributed by atoms with Crippen molar-refractivity contribution >= 4 is 13.0 Å². The zero-order valence-corrected chi connectivity index (χ0v) is 24.6. The number of rotatable bonds is 6. The molecule has 2 N–H and O–H groups in total. The summed E-state index contributed by atoms with van der Waals surface area (Å²) in [6.45, 7) is 15.0. The summed E-state index contributed by atoms with van der Waals surface area (Å²) in [5.41, 5.74) is 6.54. The van der Waals surface area contributed by atoms with Crippen LogP contribution < -0.4 is 0 Å². The number of carbonyl (C=O) groups is 1. The van der Waals surface area contributed by atoms with Crippen LogP contribution in [0.3, 0.4) is 0 Å². The summed E-state index contributed by atoms with van der Waals surface area (Å²) < 4.78 is 0. The molecule has 212 valence electrons. The normalized spacial score (nSPS) is 16.4. The fourth-order valence-corrected chi connectivity index (χ4v) is 5.03. The molecule has 6 heteroatoms. The maximum absolute atomic E-state index is 10.8. The number of hydrogen-bond donors (Lipinski definition) is 2. The topological polar surface area (TPSA) is 76.4 Å². The first kappa shape index (κ1) is 33.6. The molecule has 1 aliphatic carbocycles. The summed E-state index contributed by atoms with van der Waals surface area (Å²) in [7, 11) is 3.63. The second-order valence-electron chi connectivity index (χ2n) is 10.2. The predicted octanol–water partition coefficient (Wildman–Crippen LogP) is 5.35. The van der Waals surface area contributed by atoms with Crippen LogP contribution in [0.2, 0.25) is 0 Å². The van der Waals surface area contributed by atoms with Gasteiger partial charge in [0.25, 0.3) is 0 Å². The highest BCUT2D eigenvalue weighted by molar-refractivity contribution is 5.77. The first-order valence-corrected chi connectivity index (χ1v) is 14.0. The molecule has 2 aromatic carbocycles. The maximum Gasteiger partial charge on any atom is 0.150 e. The van der Waals surface area contributed by atoms with Crippen molar-refractivity contribution < 1.29 is 15.0 Å². The molecule has 1 spiro atoms. The first-order chi connectivity index (χ1) is 18.3. The van der Waals surface area contributed by atoms with E-state index in [1.165, 1.54) is 47.9 Å². The summed E-state index contributed by atoms with van der Waals surface area (Å²) in [5.74, 6) is 0. The van der Waals surface area contributed by atoms with Crippen molar-refractivity contribution in [3.05, 3.63) is 59.2 Å². The lowest BCUT2D eigenvalue weighted by Crippen LogP contribution is -2.43. The molecule has 6 nitrogen and oxygen atoms in total. The Labute approximate surface area is 231 Å². The number of benzene rings is 2. The van der Waals surface area contributed by atoms with E-state index in [-0.39, 0.29) is 12.8 Å². The molecular formula is C32H51N3O3. The molecule has 0 aromatic heterocycles. The van der Waals surface area contributed by atoms with E-state index in [2.05, 4.69) is 46.6 Å². The zero-order chi connectivity index (χ0) is 28.6. The Hall–Kier alpha value is -2.38. The van der Waals surface area contributed by atoms with Gasteiger partial charge in [0.05, 0.1) is 12.8 Å². The van der Waals surface area contributed by atoms with Gasteiger partial charge in [0.15, 0.2) is 0 Å². The van der Waals surface area contributed by atoms with Crippen LogP contribution in [-0.4, -0.2) is 86.1 Å². The van der Waals surface area contributed by atoms with E-state index in [1.807, 2.05) is 45.2 Å². The smallest absolute Gasteiger partial charge is 0.150 e. The summed E-state index contributed by atoms with van der Waals surface area (Å²) in [4.78, 5) is 18.3. The number of piperidine rings is 1. The molecule has 0 radical (unpaired) electrons. The van der Waals surface area contributed by atoms with Crippen molar-refractivity contribution in [3.63, 3.8) is 0 Å². The second-order valence-corrected chi connectivity index (χ2v) is 10.2. The fraction of sp³-hybridized carbons (Fsp3) is 0.562. The molecule has 1 heterocycles. The van der Waals surface area contributed by atoms with Crippen molar-refractivity contribution in [3.8, 4) is 11.1 Å². The van der Waals surface area contributed by atoms with Crippen LogP contribution in [0.5, 0.6) is 0 Å². The van der Waals surface area contributed by atoms with Gasteiger partial charge < -0.3 is 20.1 Å². The number of nitrogens with zero attached hydrogens (tertiary/aromatic N) is 3. The highest BCUT2D eigenvalue weighted by atomic mass is 16.3. The number of aliphatic hydroxyl groups excluding tert-OH is 2. The second kappa shape index (κ2) is 18.0. The maximum atomic E-state index is 10.8. The first-order valence-electron chi connectivity index (χ1n) is 14.0. The molecule has 1 saturated heterocycles. The van der Waals surface area contributed by atoms with Crippen LogP contribution in [-0.2, 0) is 12.8 Å². The van der Waals surface area contributed by atoms with E-state index in [0.29, 0.717) is 5.41 Å². The molecule has 38 heavy (non-hydrogen) atoms. The Balaban J connectivity index is 0.000000470. The number of aliphatic imine (C=N–C) groups is 1. The highest BCUT2D eigenvalue weighted by Gasteiger charge is 2.37. The van der Waals surface area contributed by atoms with Crippen LogP contribution >= 0.6 is 0 Å². The summed E-state index contributed by atoms with van der Waals surface area (Å²) >= 11 is 0. The number of carbonyl (C=O) groups excluding carboxylic acids is 1. The standard InChI is InChI=1S/C22H25NO2.C6H15NO.C2H5N.C2H6/c24-15-17-1-3-18(4-2-17)19-5-6-21-14-22(8-7-20(21)13-19)9-11-23(16-25)12-10-22;1-4-7(3)5-6(2)8;1-3-2;1-2/h1-6,13,15,25H,7-12,14,16H2;6,8H,4-5H2,1-3H3;1H2,2H3;1-2H3. The molecule has 4 rings (SSSR count). The summed E-state index contributed by atoms with van der Waals surface area (Å²) in [5, 5.41) is 18.1. The molecule has 2 aliphatic rings. The largest absolute Gasteiger partial charge is 0.392 e. The molecule has 1 aliphatic heterocycles. The number of aliphatic hydroxyl groups is 2. The molecule has 2 aromatic rings. The van der Waals surface area contributed by atoms with E-state index in [4.69, 9.17) is 5.11 Å². The predicted molar refractivity (Wildman–Crippen MR) is 161 cm³/mol. The Morgan fingerprint density at radius 3 is 2.13 bits per heavy atom. The highest BCUT2D eigenvalue weighted by Crippen LogP contribution is 2.44. The number of aryl methyl sites for hydroxylation is 1. The van der Waals surface area contributed by atoms with Gasteiger partial charge in [-0.2, -0.15) is 0 Å². The molecule has 1 atom stereocenters. The van der Waals surface area contributed by atoms with Gasteiger partial charge in [-0.05, 0) is 87.0 Å². The quantitative estimate of drug-likeness (QED) is 0.393. The SMILES string of the molecule is C=NC.CC.CCN(C)CC(C)O.O=Cc1ccc(-c2ccc3c(c2)CCC2(CCN(CO)CC2)C3)cc1. The van der Waals surface area contributed by atoms with Gasteiger partial charge in [0.2, 0.25) is 0 Å². The molecule has 0 amide bonds. The summed E-state index contributed by atoms with van der Waals surface area (Å²) in [6.07, 6.45) is 6.66. The van der Waals surface area contributed by atoms with Crippen LogP contribution in [0.25, 0.3) is 11.1 Å². The molecule has 1 unspecified atom stereocenters. The van der Waals surface area contributed by atoms with E-state index in [0.717, 1.165) is 44.4 Å². The monoisotopic (exact) mass is 525 g/mol. The van der Waals surface area contributed by atoms with Crippen molar-refractivity contribution in [2.45, 2.75) is 65.9 Å². The minimum absolute atomic E-state index is 0.193. The van der Waals surface area contributed by atoms with Gasteiger partial charge in [-0.1, -0.05) is 63.2 Å². The van der Waals surface area contributed by atoms with Gasteiger partial charge in [-0.25, -0.2) is 0 Å². The Bertz CT molecular complexity index is 935.